The number of methoxy groups -OCH3 is 1. The molecule has 1 heterocycles. The standard InChI is InChI=1S/C15H19N3O/c1-11-3-8-14(16)15(18-11)17-10-9-12-4-6-13(19-2)7-5-12/h3-8H,9-10,16H2,1-2H3,(H,17,18). The van der Waals surface area contributed by atoms with Gasteiger partial charge in [-0.2, -0.15) is 0 Å². The van der Waals surface area contributed by atoms with Crippen molar-refractivity contribution in [2.24, 2.45) is 0 Å². The number of nitrogens with one attached hydrogen (secondary N) is 1. The van der Waals surface area contributed by atoms with E-state index in [0.29, 0.717) is 5.69 Å². The number of benzene rings is 1. The van der Waals surface area contributed by atoms with Gasteiger partial charge >= 0.3 is 0 Å². The van der Waals surface area contributed by atoms with Gasteiger partial charge in [-0.1, -0.05) is 12.1 Å². The highest BCUT2D eigenvalue weighted by Gasteiger charge is 2.00. The molecule has 0 aliphatic heterocycles. The first kappa shape index (κ1) is 13.2. The van der Waals surface area contributed by atoms with Crippen LogP contribution in [0.1, 0.15) is 11.3 Å². The largest absolute Gasteiger partial charge is 0.497 e. The first-order valence-electron chi connectivity index (χ1n) is 6.29. The topological polar surface area (TPSA) is 60.2 Å². The van der Waals surface area contributed by atoms with Crippen molar-refractivity contribution < 1.29 is 4.74 Å². The second-order valence-electron chi connectivity index (χ2n) is 4.42. The van der Waals surface area contributed by atoms with Gasteiger partial charge in [0, 0.05) is 12.2 Å². The van der Waals surface area contributed by atoms with Gasteiger partial charge in [-0.15, -0.1) is 0 Å². The monoisotopic (exact) mass is 257 g/mol. The van der Waals surface area contributed by atoms with Crippen molar-refractivity contribution in [1.29, 1.82) is 0 Å². The molecule has 0 radical (unpaired) electrons. The molecule has 3 N–H and O–H groups in total. The maximum Gasteiger partial charge on any atom is 0.149 e. The van der Waals surface area contributed by atoms with Gasteiger partial charge in [-0.25, -0.2) is 4.98 Å². The third kappa shape index (κ3) is 3.61. The lowest BCUT2D eigenvalue weighted by Crippen LogP contribution is -2.09. The van der Waals surface area contributed by atoms with Crippen LogP contribution in [0.25, 0.3) is 0 Å². The van der Waals surface area contributed by atoms with Crippen LogP contribution >= 0.6 is 0 Å². The number of hydrogen-bond donors (Lipinski definition) is 2. The number of ether oxygens (including phenoxy) is 1. The molecule has 0 aliphatic rings. The number of rotatable bonds is 5. The van der Waals surface area contributed by atoms with Gasteiger partial charge in [0.1, 0.15) is 11.6 Å². The Labute approximate surface area is 113 Å². The molecule has 2 aromatic rings. The molecule has 0 saturated heterocycles. The quantitative estimate of drug-likeness (QED) is 0.864. The summed E-state index contributed by atoms with van der Waals surface area (Å²) in [5.74, 6) is 1.63. The van der Waals surface area contributed by atoms with Gasteiger partial charge in [-0.05, 0) is 43.2 Å². The van der Waals surface area contributed by atoms with Gasteiger partial charge in [0.2, 0.25) is 0 Å². The summed E-state index contributed by atoms with van der Waals surface area (Å²) < 4.78 is 5.13. The molecular formula is C15H19N3O. The summed E-state index contributed by atoms with van der Waals surface area (Å²) in [6.45, 7) is 2.75. The molecule has 100 valence electrons. The molecule has 0 atom stereocenters. The van der Waals surface area contributed by atoms with Crippen LogP contribution < -0.4 is 15.8 Å². The third-order valence-corrected chi connectivity index (χ3v) is 2.93. The van der Waals surface area contributed by atoms with Crippen LogP contribution in [0, 0.1) is 6.92 Å². The van der Waals surface area contributed by atoms with Crippen molar-refractivity contribution in [1.82, 2.24) is 4.98 Å². The number of aromatic nitrogens is 1. The molecule has 1 aromatic heterocycles. The molecule has 4 heteroatoms. The third-order valence-electron chi connectivity index (χ3n) is 2.93. The van der Waals surface area contributed by atoms with E-state index in [2.05, 4.69) is 22.4 Å². The zero-order chi connectivity index (χ0) is 13.7. The lowest BCUT2D eigenvalue weighted by Gasteiger charge is -2.09. The smallest absolute Gasteiger partial charge is 0.149 e. The molecule has 0 spiro atoms. The summed E-state index contributed by atoms with van der Waals surface area (Å²) >= 11 is 0. The average molecular weight is 257 g/mol. The second-order valence-corrected chi connectivity index (χ2v) is 4.42. The van der Waals surface area contributed by atoms with E-state index < -0.39 is 0 Å². The molecule has 1 aromatic carbocycles. The number of hydrogen-bond acceptors (Lipinski definition) is 4. The van der Waals surface area contributed by atoms with Crippen molar-refractivity contribution >= 4 is 11.5 Å². The van der Waals surface area contributed by atoms with Crippen molar-refractivity contribution in [3.05, 3.63) is 47.7 Å². The fourth-order valence-electron chi connectivity index (χ4n) is 1.83. The summed E-state index contributed by atoms with van der Waals surface area (Å²) in [4.78, 5) is 4.38. The molecule has 19 heavy (non-hydrogen) atoms. The van der Waals surface area contributed by atoms with Crippen LogP contribution in [-0.4, -0.2) is 18.6 Å². The Bertz CT molecular complexity index is 538. The predicted molar refractivity (Wildman–Crippen MR) is 78.6 cm³/mol. The highest BCUT2D eigenvalue weighted by atomic mass is 16.5. The maximum atomic E-state index is 5.87. The number of nitrogens with zero attached hydrogens (tertiary/aromatic N) is 1. The Morgan fingerprint density at radius 1 is 1.16 bits per heavy atom. The summed E-state index contributed by atoms with van der Waals surface area (Å²) in [6, 6.07) is 11.8. The van der Waals surface area contributed by atoms with Crippen LogP contribution in [0.4, 0.5) is 11.5 Å². The number of nitrogen functional groups attached to an aromatic ring is 1. The minimum Gasteiger partial charge on any atom is -0.497 e. The van der Waals surface area contributed by atoms with E-state index >= 15 is 0 Å². The molecule has 0 unspecified atom stereocenters. The van der Waals surface area contributed by atoms with Gasteiger partial charge in [-0.3, -0.25) is 0 Å². The zero-order valence-electron chi connectivity index (χ0n) is 11.3. The Balaban J connectivity index is 1.90. The summed E-state index contributed by atoms with van der Waals surface area (Å²) in [6.07, 6.45) is 0.916. The zero-order valence-corrected chi connectivity index (χ0v) is 11.3. The molecule has 4 nitrogen and oxygen atoms in total. The first-order valence-corrected chi connectivity index (χ1v) is 6.29. The van der Waals surface area contributed by atoms with Gasteiger partial charge in [0.15, 0.2) is 0 Å². The van der Waals surface area contributed by atoms with E-state index in [1.165, 1.54) is 5.56 Å². The van der Waals surface area contributed by atoms with E-state index in [0.717, 1.165) is 30.2 Å². The van der Waals surface area contributed by atoms with Gasteiger partial charge < -0.3 is 15.8 Å². The Morgan fingerprint density at radius 2 is 1.89 bits per heavy atom. The van der Waals surface area contributed by atoms with Crippen molar-refractivity contribution in [2.75, 3.05) is 24.7 Å². The molecule has 0 fully saturated rings. The van der Waals surface area contributed by atoms with Crippen LogP contribution in [-0.2, 0) is 6.42 Å². The first-order chi connectivity index (χ1) is 9.19. The fraction of sp³-hybridized carbons (Fsp3) is 0.267. The number of anilines is 2. The van der Waals surface area contributed by atoms with Crippen LogP contribution in [0.3, 0.4) is 0 Å². The lowest BCUT2D eigenvalue weighted by atomic mass is 10.1. The minimum atomic E-state index is 0.681. The number of aryl methyl sites for hydroxylation is 1. The second kappa shape index (κ2) is 6.09. The molecular weight excluding hydrogens is 238 g/mol. The van der Waals surface area contributed by atoms with E-state index in [1.54, 1.807) is 7.11 Å². The van der Waals surface area contributed by atoms with E-state index in [1.807, 2.05) is 31.2 Å². The molecule has 0 aliphatic carbocycles. The van der Waals surface area contributed by atoms with Crippen molar-refractivity contribution in [3.8, 4) is 5.75 Å². The fourth-order valence-corrected chi connectivity index (χ4v) is 1.83. The summed E-state index contributed by atoms with van der Waals surface area (Å²) in [5, 5.41) is 3.26. The Hall–Kier alpha value is -2.23. The van der Waals surface area contributed by atoms with Gasteiger partial charge in [0.05, 0.1) is 12.8 Å². The average Bonchev–Trinajstić information content (AvgIpc) is 2.43. The number of nitrogens with two attached hydrogens (primary N) is 1. The molecule has 2 rings (SSSR count). The van der Waals surface area contributed by atoms with Crippen molar-refractivity contribution in [2.45, 2.75) is 13.3 Å². The normalized spacial score (nSPS) is 10.2. The SMILES string of the molecule is COc1ccc(CCNc2nc(C)ccc2N)cc1. The predicted octanol–water partition coefficient (Wildman–Crippen LogP) is 2.64. The van der Waals surface area contributed by atoms with Crippen molar-refractivity contribution in [3.63, 3.8) is 0 Å². The Kier molecular flexibility index (Phi) is 4.23. The van der Waals surface area contributed by atoms with E-state index in [4.69, 9.17) is 10.5 Å². The van der Waals surface area contributed by atoms with Crippen LogP contribution in [0.15, 0.2) is 36.4 Å². The minimum absolute atomic E-state index is 0.681. The van der Waals surface area contributed by atoms with E-state index in [9.17, 15) is 0 Å². The summed E-state index contributed by atoms with van der Waals surface area (Å²) in [7, 11) is 1.67. The molecule has 0 bridgehead atoms. The van der Waals surface area contributed by atoms with E-state index in [-0.39, 0.29) is 0 Å². The maximum absolute atomic E-state index is 5.87. The Morgan fingerprint density at radius 3 is 2.58 bits per heavy atom. The highest BCUT2D eigenvalue weighted by molar-refractivity contribution is 5.61. The summed E-state index contributed by atoms with van der Waals surface area (Å²) in [5.41, 5.74) is 8.76. The van der Waals surface area contributed by atoms with Crippen LogP contribution in [0.2, 0.25) is 0 Å². The molecule has 0 amide bonds. The number of pyridine rings is 1. The van der Waals surface area contributed by atoms with Crippen LogP contribution in [0.5, 0.6) is 5.75 Å². The molecule has 0 saturated carbocycles. The van der Waals surface area contributed by atoms with Gasteiger partial charge in [0.25, 0.3) is 0 Å². The lowest BCUT2D eigenvalue weighted by molar-refractivity contribution is 0.414. The highest BCUT2D eigenvalue weighted by Crippen LogP contribution is 2.16.